The van der Waals surface area contributed by atoms with Crippen LogP contribution in [0.3, 0.4) is 0 Å². The minimum atomic E-state index is -0.0277. The van der Waals surface area contributed by atoms with Gasteiger partial charge in [0.05, 0.1) is 0 Å². The van der Waals surface area contributed by atoms with E-state index in [1.54, 1.807) is 18.1 Å². The minimum absolute atomic E-state index is 0.0277. The third-order valence-corrected chi connectivity index (χ3v) is 3.35. The van der Waals surface area contributed by atoms with Crippen LogP contribution in [0.4, 0.5) is 0 Å². The van der Waals surface area contributed by atoms with E-state index in [1.165, 1.54) is 0 Å². The standard InChI is InChI=1S/C11H15BrN2O/c1-8-5-4-6-13-10(8)11(15)14(3)9(2)7-12/h4-6,9H,7H2,1-3H3. The highest BCUT2D eigenvalue weighted by molar-refractivity contribution is 9.09. The molecule has 0 aliphatic carbocycles. The summed E-state index contributed by atoms with van der Waals surface area (Å²) < 4.78 is 0. The van der Waals surface area contributed by atoms with Gasteiger partial charge in [-0.1, -0.05) is 22.0 Å². The van der Waals surface area contributed by atoms with Crippen molar-refractivity contribution in [2.75, 3.05) is 12.4 Å². The molecule has 0 spiro atoms. The van der Waals surface area contributed by atoms with Gasteiger partial charge in [-0.05, 0) is 25.5 Å². The van der Waals surface area contributed by atoms with Crippen molar-refractivity contribution in [1.82, 2.24) is 9.88 Å². The quantitative estimate of drug-likeness (QED) is 0.790. The van der Waals surface area contributed by atoms with Crippen molar-refractivity contribution in [1.29, 1.82) is 0 Å². The van der Waals surface area contributed by atoms with E-state index in [4.69, 9.17) is 0 Å². The number of hydrogen-bond acceptors (Lipinski definition) is 2. The molecule has 0 N–H and O–H groups in total. The molecule has 82 valence electrons. The van der Waals surface area contributed by atoms with Gasteiger partial charge in [-0.15, -0.1) is 0 Å². The van der Waals surface area contributed by atoms with Crippen LogP contribution >= 0.6 is 15.9 Å². The lowest BCUT2D eigenvalue weighted by Crippen LogP contribution is -2.36. The van der Waals surface area contributed by atoms with Gasteiger partial charge in [0.2, 0.25) is 0 Å². The third-order valence-electron chi connectivity index (χ3n) is 2.42. The molecule has 1 rings (SSSR count). The molecule has 0 aliphatic rings. The van der Waals surface area contributed by atoms with Crippen molar-refractivity contribution in [2.24, 2.45) is 0 Å². The van der Waals surface area contributed by atoms with Crippen LogP contribution in [0.2, 0.25) is 0 Å². The maximum absolute atomic E-state index is 12.0. The number of rotatable bonds is 3. The van der Waals surface area contributed by atoms with Crippen molar-refractivity contribution in [3.8, 4) is 0 Å². The van der Waals surface area contributed by atoms with Crippen LogP contribution in [-0.4, -0.2) is 34.2 Å². The van der Waals surface area contributed by atoms with E-state index in [1.807, 2.05) is 26.0 Å². The van der Waals surface area contributed by atoms with Crippen molar-refractivity contribution >= 4 is 21.8 Å². The van der Waals surface area contributed by atoms with Gasteiger partial charge in [0.25, 0.3) is 5.91 Å². The SMILES string of the molecule is Cc1cccnc1C(=O)N(C)C(C)CBr. The number of carbonyl (C=O) groups is 1. The van der Waals surface area contributed by atoms with E-state index in [0.29, 0.717) is 5.69 Å². The van der Waals surface area contributed by atoms with E-state index >= 15 is 0 Å². The van der Waals surface area contributed by atoms with Gasteiger partial charge in [0.15, 0.2) is 0 Å². The van der Waals surface area contributed by atoms with Gasteiger partial charge in [0.1, 0.15) is 5.69 Å². The summed E-state index contributed by atoms with van der Waals surface area (Å²) in [6.07, 6.45) is 1.65. The highest BCUT2D eigenvalue weighted by Crippen LogP contribution is 2.09. The van der Waals surface area contributed by atoms with Crippen molar-refractivity contribution in [3.05, 3.63) is 29.6 Å². The zero-order valence-electron chi connectivity index (χ0n) is 9.20. The molecular formula is C11H15BrN2O. The third kappa shape index (κ3) is 2.78. The number of hydrogen-bond donors (Lipinski definition) is 0. The van der Waals surface area contributed by atoms with E-state index in [2.05, 4.69) is 20.9 Å². The fourth-order valence-electron chi connectivity index (χ4n) is 1.18. The van der Waals surface area contributed by atoms with Crippen LogP contribution in [0.1, 0.15) is 23.0 Å². The molecule has 1 atom stereocenters. The molecule has 4 heteroatoms. The Balaban J connectivity index is 2.90. The molecule has 1 aromatic heterocycles. The Kier molecular flexibility index (Phi) is 4.27. The number of alkyl halides is 1. The summed E-state index contributed by atoms with van der Waals surface area (Å²) in [5, 5.41) is 0.765. The molecule has 1 heterocycles. The first-order valence-corrected chi connectivity index (χ1v) is 5.94. The lowest BCUT2D eigenvalue weighted by atomic mass is 10.2. The number of nitrogens with zero attached hydrogens (tertiary/aromatic N) is 2. The second kappa shape index (κ2) is 5.26. The number of carbonyl (C=O) groups excluding carboxylic acids is 1. The van der Waals surface area contributed by atoms with Crippen LogP contribution in [0, 0.1) is 6.92 Å². The Labute approximate surface area is 98.6 Å². The first kappa shape index (κ1) is 12.2. The Bertz CT molecular complexity index is 354. The smallest absolute Gasteiger partial charge is 0.272 e. The van der Waals surface area contributed by atoms with Crippen LogP contribution < -0.4 is 0 Å². The predicted octanol–water partition coefficient (Wildman–Crippen LogP) is 2.25. The van der Waals surface area contributed by atoms with Gasteiger partial charge in [-0.2, -0.15) is 0 Å². The maximum atomic E-state index is 12.0. The van der Waals surface area contributed by atoms with Gasteiger partial charge < -0.3 is 4.90 Å². The van der Waals surface area contributed by atoms with Gasteiger partial charge in [-0.25, -0.2) is 0 Å². The van der Waals surface area contributed by atoms with Gasteiger partial charge >= 0.3 is 0 Å². The van der Waals surface area contributed by atoms with Crippen molar-refractivity contribution in [2.45, 2.75) is 19.9 Å². The first-order chi connectivity index (χ1) is 7.07. The molecule has 0 fully saturated rings. The number of amides is 1. The molecule has 0 bridgehead atoms. The summed E-state index contributed by atoms with van der Waals surface area (Å²) in [5.74, 6) is -0.0277. The molecule has 0 radical (unpaired) electrons. The Morgan fingerprint density at radius 2 is 2.33 bits per heavy atom. The molecule has 0 saturated heterocycles. The lowest BCUT2D eigenvalue weighted by Gasteiger charge is -2.23. The van der Waals surface area contributed by atoms with Crippen LogP contribution in [-0.2, 0) is 0 Å². The number of aromatic nitrogens is 1. The summed E-state index contributed by atoms with van der Waals surface area (Å²) in [5.41, 5.74) is 1.45. The average molecular weight is 271 g/mol. The topological polar surface area (TPSA) is 33.2 Å². The molecule has 15 heavy (non-hydrogen) atoms. The van der Waals surface area contributed by atoms with Gasteiger partial charge in [-0.3, -0.25) is 9.78 Å². The van der Waals surface area contributed by atoms with Crippen LogP contribution in [0.5, 0.6) is 0 Å². The fraction of sp³-hybridized carbons (Fsp3) is 0.455. The summed E-state index contributed by atoms with van der Waals surface area (Å²) in [7, 11) is 1.79. The molecule has 3 nitrogen and oxygen atoms in total. The summed E-state index contributed by atoms with van der Waals surface area (Å²) >= 11 is 3.36. The molecule has 1 aromatic rings. The normalized spacial score (nSPS) is 12.3. The zero-order chi connectivity index (χ0) is 11.4. The lowest BCUT2D eigenvalue weighted by molar-refractivity contribution is 0.0751. The van der Waals surface area contributed by atoms with E-state index in [0.717, 1.165) is 10.9 Å². The predicted molar refractivity (Wildman–Crippen MR) is 64.3 cm³/mol. The maximum Gasteiger partial charge on any atom is 0.272 e. The van der Waals surface area contributed by atoms with Crippen molar-refractivity contribution in [3.63, 3.8) is 0 Å². The largest absolute Gasteiger partial charge is 0.337 e. The molecule has 0 saturated carbocycles. The zero-order valence-corrected chi connectivity index (χ0v) is 10.8. The summed E-state index contributed by atoms with van der Waals surface area (Å²) in [6.45, 7) is 3.89. The summed E-state index contributed by atoms with van der Waals surface area (Å²) in [4.78, 5) is 17.8. The van der Waals surface area contributed by atoms with Gasteiger partial charge in [0, 0.05) is 24.6 Å². The van der Waals surface area contributed by atoms with Crippen LogP contribution in [0.15, 0.2) is 18.3 Å². The Morgan fingerprint density at radius 3 is 2.87 bits per heavy atom. The second-order valence-corrected chi connectivity index (χ2v) is 4.24. The minimum Gasteiger partial charge on any atom is -0.337 e. The second-order valence-electron chi connectivity index (χ2n) is 3.59. The molecule has 0 aliphatic heterocycles. The highest BCUT2D eigenvalue weighted by Gasteiger charge is 2.18. The monoisotopic (exact) mass is 270 g/mol. The van der Waals surface area contributed by atoms with E-state index < -0.39 is 0 Å². The van der Waals surface area contributed by atoms with E-state index in [-0.39, 0.29) is 11.9 Å². The molecule has 0 aromatic carbocycles. The highest BCUT2D eigenvalue weighted by atomic mass is 79.9. The Morgan fingerprint density at radius 1 is 1.67 bits per heavy atom. The first-order valence-electron chi connectivity index (χ1n) is 4.82. The number of halogens is 1. The van der Waals surface area contributed by atoms with E-state index in [9.17, 15) is 4.79 Å². The average Bonchev–Trinajstić information content (AvgIpc) is 2.26. The number of aryl methyl sites for hydroxylation is 1. The van der Waals surface area contributed by atoms with Crippen molar-refractivity contribution < 1.29 is 4.79 Å². The molecule has 1 unspecified atom stereocenters. The summed E-state index contributed by atoms with van der Waals surface area (Å²) in [6, 6.07) is 3.89. The fourth-order valence-corrected chi connectivity index (χ4v) is 1.61. The van der Waals surface area contributed by atoms with Crippen LogP contribution in [0.25, 0.3) is 0 Å². The Hall–Kier alpha value is -0.900. The molecule has 1 amide bonds. The molecular weight excluding hydrogens is 256 g/mol. The number of pyridine rings is 1.